The van der Waals surface area contributed by atoms with Gasteiger partial charge in [-0.2, -0.15) is 0 Å². The Labute approximate surface area is 156 Å². The first kappa shape index (κ1) is 22.3. The summed E-state index contributed by atoms with van der Waals surface area (Å²) in [6, 6.07) is 0. The van der Waals surface area contributed by atoms with Crippen LogP contribution < -0.4 is 0 Å². The predicted molar refractivity (Wildman–Crippen MR) is 90.3 cm³/mol. The van der Waals surface area contributed by atoms with Gasteiger partial charge in [0.2, 0.25) is 5.78 Å². The first-order valence-corrected chi connectivity index (χ1v) is 8.62. The minimum absolute atomic E-state index is 0.226. The van der Waals surface area contributed by atoms with Crippen molar-refractivity contribution >= 4 is 29.7 Å². The highest BCUT2D eigenvalue weighted by Crippen LogP contribution is 2.31. The fourth-order valence-corrected chi connectivity index (χ4v) is 2.71. The van der Waals surface area contributed by atoms with Crippen LogP contribution in [0.3, 0.4) is 0 Å². The monoisotopic (exact) mass is 384 g/mol. The summed E-state index contributed by atoms with van der Waals surface area (Å²) in [4.78, 5) is 57.0. The summed E-state index contributed by atoms with van der Waals surface area (Å²) in [5, 5.41) is 9.24. The van der Waals surface area contributed by atoms with Crippen LogP contribution in [-0.4, -0.2) is 54.6 Å². The third kappa shape index (κ3) is 7.59. The molecule has 9 heteroatoms. The van der Waals surface area contributed by atoms with Crippen LogP contribution in [0, 0.1) is 17.8 Å². The van der Waals surface area contributed by atoms with Crippen LogP contribution in [0.5, 0.6) is 0 Å². The van der Waals surface area contributed by atoms with Gasteiger partial charge in [-0.25, -0.2) is 9.59 Å². The summed E-state index contributed by atoms with van der Waals surface area (Å²) in [6.45, 7) is 3.52. The Bertz CT molecular complexity index is 596. The highest BCUT2D eigenvalue weighted by Gasteiger charge is 2.37. The molecule has 3 unspecified atom stereocenters. The molecule has 1 fully saturated rings. The number of carboxylic acids is 1. The van der Waals surface area contributed by atoms with E-state index in [1.54, 1.807) is 0 Å². The lowest BCUT2D eigenvalue weighted by Crippen LogP contribution is -2.35. The second-order valence-corrected chi connectivity index (χ2v) is 6.32. The maximum absolute atomic E-state index is 12.3. The first-order valence-electron chi connectivity index (χ1n) is 8.62. The molecule has 1 aliphatic rings. The number of carbonyl (C=O) groups excluding carboxylic acids is 4. The van der Waals surface area contributed by atoms with Crippen molar-refractivity contribution in [1.29, 1.82) is 0 Å². The second-order valence-electron chi connectivity index (χ2n) is 6.32. The SMILES string of the molecule is C=CC(=O)OCC(COC(=O)C(C)=O)COC(=O)C1CCCCC1C(=O)O. The van der Waals surface area contributed by atoms with Crippen molar-refractivity contribution < 1.29 is 43.3 Å². The van der Waals surface area contributed by atoms with Crippen molar-refractivity contribution in [3.05, 3.63) is 12.7 Å². The molecular formula is C18H24O9. The van der Waals surface area contributed by atoms with E-state index in [0.29, 0.717) is 12.8 Å². The van der Waals surface area contributed by atoms with E-state index in [2.05, 4.69) is 6.58 Å². The van der Waals surface area contributed by atoms with E-state index in [0.717, 1.165) is 25.8 Å². The number of rotatable bonds is 10. The van der Waals surface area contributed by atoms with Crippen LogP contribution in [0.15, 0.2) is 12.7 Å². The molecule has 0 aromatic rings. The van der Waals surface area contributed by atoms with E-state index in [1.165, 1.54) is 0 Å². The lowest BCUT2D eigenvalue weighted by atomic mass is 9.79. The molecule has 150 valence electrons. The van der Waals surface area contributed by atoms with Gasteiger partial charge >= 0.3 is 23.9 Å². The van der Waals surface area contributed by atoms with E-state index in [4.69, 9.17) is 14.2 Å². The Morgan fingerprint density at radius 1 is 1.00 bits per heavy atom. The normalized spacial score (nSPS) is 20.0. The smallest absolute Gasteiger partial charge is 0.374 e. The van der Waals surface area contributed by atoms with Gasteiger partial charge < -0.3 is 19.3 Å². The van der Waals surface area contributed by atoms with Crippen molar-refractivity contribution in [3.63, 3.8) is 0 Å². The van der Waals surface area contributed by atoms with Crippen molar-refractivity contribution in [2.45, 2.75) is 32.6 Å². The van der Waals surface area contributed by atoms with Crippen LogP contribution in [0.4, 0.5) is 0 Å². The molecule has 9 nitrogen and oxygen atoms in total. The number of hydrogen-bond donors (Lipinski definition) is 1. The molecule has 3 atom stereocenters. The summed E-state index contributed by atoms with van der Waals surface area (Å²) >= 11 is 0. The average Bonchev–Trinajstić information content (AvgIpc) is 2.66. The van der Waals surface area contributed by atoms with Gasteiger partial charge in [-0.15, -0.1) is 0 Å². The number of hydrogen-bond acceptors (Lipinski definition) is 8. The molecule has 27 heavy (non-hydrogen) atoms. The van der Waals surface area contributed by atoms with Gasteiger partial charge in [-0.3, -0.25) is 14.4 Å². The minimum atomic E-state index is -1.06. The molecule has 0 heterocycles. The number of esters is 3. The third-order valence-corrected chi connectivity index (χ3v) is 4.21. The fourth-order valence-electron chi connectivity index (χ4n) is 2.71. The van der Waals surface area contributed by atoms with Gasteiger partial charge in [0, 0.05) is 13.0 Å². The average molecular weight is 384 g/mol. The summed E-state index contributed by atoms with van der Waals surface area (Å²) in [5.74, 6) is -6.48. The highest BCUT2D eigenvalue weighted by molar-refractivity contribution is 6.32. The van der Waals surface area contributed by atoms with Crippen LogP contribution in [0.1, 0.15) is 32.6 Å². The molecule has 0 radical (unpaired) electrons. The second kappa shape index (κ2) is 11.1. The highest BCUT2D eigenvalue weighted by atomic mass is 16.6. The molecule has 0 aliphatic heterocycles. The quantitative estimate of drug-likeness (QED) is 0.252. The number of ether oxygens (including phenoxy) is 3. The third-order valence-electron chi connectivity index (χ3n) is 4.21. The van der Waals surface area contributed by atoms with Gasteiger partial charge in [0.1, 0.15) is 19.8 Å². The fraction of sp³-hybridized carbons (Fsp3) is 0.611. The maximum atomic E-state index is 12.3. The van der Waals surface area contributed by atoms with Crippen molar-refractivity contribution in [2.24, 2.45) is 17.8 Å². The first-order chi connectivity index (χ1) is 12.8. The molecule has 1 N–H and O–H groups in total. The van der Waals surface area contributed by atoms with E-state index >= 15 is 0 Å². The van der Waals surface area contributed by atoms with E-state index in [1.807, 2.05) is 0 Å². The number of carbonyl (C=O) groups is 5. The Morgan fingerprint density at radius 3 is 2.11 bits per heavy atom. The van der Waals surface area contributed by atoms with Crippen LogP contribution >= 0.6 is 0 Å². The lowest BCUT2D eigenvalue weighted by Gasteiger charge is -2.27. The molecule has 0 spiro atoms. The number of aliphatic carboxylic acids is 1. The van der Waals surface area contributed by atoms with Gasteiger partial charge in [0.05, 0.1) is 17.8 Å². The van der Waals surface area contributed by atoms with E-state index in [-0.39, 0.29) is 19.8 Å². The summed E-state index contributed by atoms with van der Waals surface area (Å²) in [7, 11) is 0. The van der Waals surface area contributed by atoms with E-state index in [9.17, 15) is 29.1 Å². The molecule has 0 saturated heterocycles. The molecule has 0 aromatic heterocycles. The zero-order valence-electron chi connectivity index (χ0n) is 15.2. The van der Waals surface area contributed by atoms with Crippen molar-refractivity contribution in [1.82, 2.24) is 0 Å². The summed E-state index contributed by atoms with van der Waals surface area (Å²) in [6.07, 6.45) is 3.25. The Hall–Kier alpha value is -2.71. The number of Topliss-reactive ketones (excluding diaryl/α,β-unsaturated/α-hetero) is 1. The van der Waals surface area contributed by atoms with Crippen molar-refractivity contribution in [2.75, 3.05) is 19.8 Å². The topological polar surface area (TPSA) is 133 Å². The number of carboxylic acid groups (broad SMARTS) is 1. The van der Waals surface area contributed by atoms with Crippen LogP contribution in [0.2, 0.25) is 0 Å². The summed E-state index contributed by atoms with van der Waals surface area (Å²) < 4.78 is 14.8. The zero-order valence-corrected chi connectivity index (χ0v) is 15.2. The Morgan fingerprint density at radius 2 is 1.56 bits per heavy atom. The predicted octanol–water partition coefficient (Wildman–Crippen LogP) is 0.898. The maximum Gasteiger partial charge on any atom is 0.374 e. The molecule has 0 aromatic carbocycles. The molecule has 0 bridgehead atoms. The van der Waals surface area contributed by atoms with Crippen LogP contribution in [-0.2, 0) is 38.2 Å². The van der Waals surface area contributed by atoms with Gasteiger partial charge in [-0.1, -0.05) is 19.4 Å². The molecule has 1 aliphatic carbocycles. The minimum Gasteiger partial charge on any atom is -0.481 e. The Balaban J connectivity index is 2.63. The largest absolute Gasteiger partial charge is 0.481 e. The van der Waals surface area contributed by atoms with Gasteiger partial charge in [0.25, 0.3) is 0 Å². The van der Waals surface area contributed by atoms with Gasteiger partial charge in [0.15, 0.2) is 0 Å². The van der Waals surface area contributed by atoms with Crippen molar-refractivity contribution in [3.8, 4) is 0 Å². The van der Waals surface area contributed by atoms with Gasteiger partial charge in [-0.05, 0) is 12.8 Å². The van der Waals surface area contributed by atoms with Crippen LogP contribution in [0.25, 0.3) is 0 Å². The molecule has 1 saturated carbocycles. The molecule has 1 rings (SSSR count). The number of ketones is 1. The summed E-state index contributed by atoms with van der Waals surface area (Å²) in [5.41, 5.74) is 0. The molecular weight excluding hydrogens is 360 g/mol. The van der Waals surface area contributed by atoms with E-state index < -0.39 is 47.4 Å². The lowest BCUT2D eigenvalue weighted by molar-refractivity contribution is -0.163. The Kier molecular flexibility index (Phi) is 9.18. The standard InChI is InChI=1S/C18H24O9/c1-3-15(20)25-8-12(9-26-17(23)11(2)19)10-27-18(24)14-7-5-4-6-13(14)16(21)22/h3,12-14H,1,4-10H2,2H3,(H,21,22). The zero-order chi connectivity index (χ0) is 20.4. The molecule has 0 amide bonds.